The predicted octanol–water partition coefficient (Wildman–Crippen LogP) is 1.90. The first-order valence-electron chi connectivity index (χ1n) is 5.17. The Labute approximate surface area is 119 Å². The Kier molecular flexibility index (Phi) is 3.81. The van der Waals surface area contributed by atoms with E-state index in [9.17, 15) is 8.42 Å². The third-order valence-electron chi connectivity index (χ3n) is 2.42. The Morgan fingerprint density at radius 2 is 2.00 bits per heavy atom. The van der Waals surface area contributed by atoms with Gasteiger partial charge in [0.2, 0.25) is 0 Å². The molecule has 2 rings (SSSR count). The van der Waals surface area contributed by atoms with Crippen LogP contribution in [0.1, 0.15) is 0 Å². The lowest BCUT2D eigenvalue weighted by molar-refractivity contribution is 0.386. The number of nitrogens with zero attached hydrogens (tertiary/aromatic N) is 2. The fourth-order valence-corrected chi connectivity index (χ4v) is 3.19. The number of aromatic nitrogens is 2. The summed E-state index contributed by atoms with van der Waals surface area (Å²) in [5.41, 5.74) is 0. The maximum Gasteiger partial charge on any atom is 0.286 e. The number of hydrogen-bond acceptors (Lipinski definition) is 5. The molecule has 6 nitrogen and oxygen atoms in total. The molecule has 0 aliphatic heterocycles. The lowest BCUT2D eigenvalue weighted by atomic mass is 10.3. The van der Waals surface area contributed by atoms with Crippen LogP contribution >= 0.6 is 15.9 Å². The fraction of sp³-hybridized carbons (Fsp3) is 0.182. The van der Waals surface area contributed by atoms with Crippen molar-refractivity contribution >= 4 is 26.0 Å². The summed E-state index contributed by atoms with van der Waals surface area (Å²) in [6.07, 6.45) is 2.76. The first-order valence-corrected chi connectivity index (χ1v) is 7.40. The van der Waals surface area contributed by atoms with Crippen molar-refractivity contribution in [2.75, 3.05) is 14.2 Å². The fourth-order valence-electron chi connectivity index (χ4n) is 1.50. The highest BCUT2D eigenvalue weighted by molar-refractivity contribution is 9.10. The van der Waals surface area contributed by atoms with Gasteiger partial charge in [-0.2, -0.15) is 17.6 Å². The zero-order valence-electron chi connectivity index (χ0n) is 10.2. The van der Waals surface area contributed by atoms with Crippen molar-refractivity contribution in [2.24, 2.45) is 0 Å². The molecule has 0 amide bonds. The van der Waals surface area contributed by atoms with Crippen LogP contribution in [0.5, 0.6) is 11.5 Å². The maximum absolute atomic E-state index is 12.4. The van der Waals surface area contributed by atoms with Gasteiger partial charge in [0.05, 0.1) is 31.1 Å². The molecular formula is C11H11BrN2O4S. The van der Waals surface area contributed by atoms with E-state index < -0.39 is 10.0 Å². The second kappa shape index (κ2) is 5.22. The standard InChI is InChI=1S/C11H11BrN2O4S/c1-17-9-3-4-11(10(5-9)18-2)19(15,16)14-7-8(12)6-13-14/h3-7H,1-2H3. The molecule has 19 heavy (non-hydrogen) atoms. The maximum atomic E-state index is 12.4. The van der Waals surface area contributed by atoms with Gasteiger partial charge in [0.25, 0.3) is 10.0 Å². The Hall–Kier alpha value is -1.54. The molecule has 1 aromatic heterocycles. The van der Waals surface area contributed by atoms with Crippen molar-refractivity contribution in [1.82, 2.24) is 9.19 Å². The number of methoxy groups -OCH3 is 2. The summed E-state index contributed by atoms with van der Waals surface area (Å²) in [6.45, 7) is 0. The molecule has 0 N–H and O–H groups in total. The van der Waals surface area contributed by atoms with Gasteiger partial charge in [-0.05, 0) is 28.1 Å². The van der Waals surface area contributed by atoms with Crippen molar-refractivity contribution in [3.63, 3.8) is 0 Å². The third kappa shape index (κ3) is 2.59. The quantitative estimate of drug-likeness (QED) is 0.845. The first kappa shape index (κ1) is 13.9. The molecule has 0 bridgehead atoms. The van der Waals surface area contributed by atoms with E-state index in [0.717, 1.165) is 4.09 Å². The van der Waals surface area contributed by atoms with Crippen molar-refractivity contribution in [3.05, 3.63) is 35.1 Å². The van der Waals surface area contributed by atoms with E-state index in [1.807, 2.05) is 0 Å². The Morgan fingerprint density at radius 3 is 2.53 bits per heavy atom. The highest BCUT2D eigenvalue weighted by Crippen LogP contribution is 2.29. The number of ether oxygens (including phenoxy) is 2. The summed E-state index contributed by atoms with van der Waals surface area (Å²) in [5, 5.41) is 3.78. The van der Waals surface area contributed by atoms with Gasteiger partial charge in [0.1, 0.15) is 16.4 Å². The van der Waals surface area contributed by atoms with E-state index >= 15 is 0 Å². The van der Waals surface area contributed by atoms with E-state index in [1.165, 1.54) is 38.7 Å². The van der Waals surface area contributed by atoms with Crippen LogP contribution < -0.4 is 9.47 Å². The largest absolute Gasteiger partial charge is 0.497 e. The zero-order valence-corrected chi connectivity index (χ0v) is 12.6. The van der Waals surface area contributed by atoms with Crippen molar-refractivity contribution in [2.45, 2.75) is 4.90 Å². The van der Waals surface area contributed by atoms with Crippen molar-refractivity contribution < 1.29 is 17.9 Å². The average Bonchev–Trinajstić information content (AvgIpc) is 2.85. The van der Waals surface area contributed by atoms with Crippen molar-refractivity contribution in [3.8, 4) is 11.5 Å². The minimum atomic E-state index is -3.79. The lowest BCUT2D eigenvalue weighted by Gasteiger charge is -2.10. The third-order valence-corrected chi connectivity index (χ3v) is 4.42. The van der Waals surface area contributed by atoms with Gasteiger partial charge in [-0.3, -0.25) is 0 Å². The highest BCUT2D eigenvalue weighted by atomic mass is 79.9. The average molecular weight is 347 g/mol. The van der Waals surface area contributed by atoms with Gasteiger partial charge in [-0.15, -0.1) is 0 Å². The molecule has 1 heterocycles. The molecule has 0 saturated carbocycles. The number of benzene rings is 1. The van der Waals surface area contributed by atoms with Crippen LogP contribution in [-0.4, -0.2) is 31.8 Å². The van der Waals surface area contributed by atoms with E-state index in [4.69, 9.17) is 9.47 Å². The summed E-state index contributed by atoms with van der Waals surface area (Å²) in [4.78, 5) is 0.0198. The molecule has 102 valence electrons. The monoisotopic (exact) mass is 346 g/mol. The van der Waals surface area contributed by atoms with Gasteiger partial charge in [0.15, 0.2) is 0 Å². The number of hydrogen-bond donors (Lipinski definition) is 0. The Bertz CT molecular complexity index is 696. The van der Waals surface area contributed by atoms with Gasteiger partial charge in [-0.25, -0.2) is 0 Å². The molecule has 0 spiro atoms. The lowest BCUT2D eigenvalue weighted by Crippen LogP contribution is -2.14. The van der Waals surface area contributed by atoms with E-state index in [2.05, 4.69) is 21.0 Å². The van der Waals surface area contributed by atoms with Crippen molar-refractivity contribution in [1.29, 1.82) is 0 Å². The molecule has 0 fully saturated rings. The molecule has 2 aromatic rings. The van der Waals surface area contributed by atoms with E-state index in [0.29, 0.717) is 10.2 Å². The molecule has 1 aromatic carbocycles. The molecular weight excluding hydrogens is 336 g/mol. The second-order valence-electron chi connectivity index (χ2n) is 3.55. The van der Waals surface area contributed by atoms with Crippen LogP contribution in [0.15, 0.2) is 40.0 Å². The Balaban J connectivity index is 2.58. The normalized spacial score (nSPS) is 11.3. The predicted molar refractivity (Wildman–Crippen MR) is 72.1 cm³/mol. The topological polar surface area (TPSA) is 70.4 Å². The van der Waals surface area contributed by atoms with Gasteiger partial charge < -0.3 is 9.47 Å². The van der Waals surface area contributed by atoms with Gasteiger partial charge in [-0.1, -0.05) is 0 Å². The van der Waals surface area contributed by atoms with E-state index in [-0.39, 0.29) is 10.6 Å². The molecule has 0 unspecified atom stereocenters. The van der Waals surface area contributed by atoms with Gasteiger partial charge >= 0.3 is 0 Å². The summed E-state index contributed by atoms with van der Waals surface area (Å²) in [5.74, 6) is 0.711. The summed E-state index contributed by atoms with van der Waals surface area (Å²) in [7, 11) is -0.902. The smallest absolute Gasteiger partial charge is 0.286 e. The Morgan fingerprint density at radius 1 is 1.26 bits per heavy atom. The van der Waals surface area contributed by atoms with Crippen LogP contribution in [0.4, 0.5) is 0 Å². The zero-order chi connectivity index (χ0) is 14.0. The number of halogens is 1. The minimum Gasteiger partial charge on any atom is -0.497 e. The molecule has 0 atom stereocenters. The summed E-state index contributed by atoms with van der Waals surface area (Å²) in [6, 6.07) is 4.47. The molecule has 8 heteroatoms. The van der Waals surface area contributed by atoms with Gasteiger partial charge in [0, 0.05) is 6.07 Å². The van der Waals surface area contributed by atoms with Crippen LogP contribution in [0.2, 0.25) is 0 Å². The second-order valence-corrected chi connectivity index (χ2v) is 6.23. The summed E-state index contributed by atoms with van der Waals surface area (Å²) >= 11 is 3.16. The molecule has 0 saturated heterocycles. The van der Waals surface area contributed by atoms with E-state index in [1.54, 1.807) is 6.07 Å². The van der Waals surface area contributed by atoms with Crippen LogP contribution in [0.3, 0.4) is 0 Å². The first-order chi connectivity index (χ1) is 8.98. The number of rotatable bonds is 4. The molecule has 0 aliphatic carbocycles. The van der Waals surface area contributed by atoms with Crippen LogP contribution in [-0.2, 0) is 10.0 Å². The van der Waals surface area contributed by atoms with Crippen LogP contribution in [0, 0.1) is 0 Å². The molecule has 0 aliphatic rings. The highest BCUT2D eigenvalue weighted by Gasteiger charge is 2.23. The minimum absolute atomic E-state index is 0.0198. The molecule has 0 radical (unpaired) electrons. The summed E-state index contributed by atoms with van der Waals surface area (Å²) < 4.78 is 36.3. The van der Waals surface area contributed by atoms with Crippen LogP contribution in [0.25, 0.3) is 0 Å². The SMILES string of the molecule is COc1ccc(S(=O)(=O)n2cc(Br)cn2)c(OC)c1.